The molecule has 0 aliphatic heterocycles. The van der Waals surface area contributed by atoms with Crippen molar-refractivity contribution in [2.45, 2.75) is 51.1 Å². The molecule has 31 heavy (non-hydrogen) atoms. The van der Waals surface area contributed by atoms with Crippen LogP contribution in [0.2, 0.25) is 0 Å². The maximum atomic E-state index is 12.0. The summed E-state index contributed by atoms with van der Waals surface area (Å²) < 4.78 is 0. The molecule has 166 valence electrons. The minimum absolute atomic E-state index is 0.0750. The Hall–Kier alpha value is -3.23. The van der Waals surface area contributed by atoms with Crippen LogP contribution in [0.1, 0.15) is 55.7 Å². The smallest absolute Gasteiger partial charge is 0.325 e. The van der Waals surface area contributed by atoms with Gasteiger partial charge in [0.2, 0.25) is 11.8 Å². The highest BCUT2D eigenvalue weighted by Gasteiger charge is 2.18. The number of carbonyl (C=O) groups excluding carboxylic acids is 2. The van der Waals surface area contributed by atoms with E-state index in [1.165, 1.54) is 0 Å². The Morgan fingerprint density at radius 1 is 0.806 bits per heavy atom. The lowest BCUT2D eigenvalue weighted by Gasteiger charge is -2.15. The molecule has 2 amide bonds. The first-order valence-corrected chi connectivity index (χ1v) is 10.3. The van der Waals surface area contributed by atoms with Gasteiger partial charge < -0.3 is 10.4 Å². The van der Waals surface area contributed by atoms with Gasteiger partial charge in [0, 0.05) is 25.1 Å². The molecule has 2 aromatic carbocycles. The van der Waals surface area contributed by atoms with Crippen molar-refractivity contribution in [1.82, 2.24) is 10.8 Å². The highest BCUT2D eigenvalue weighted by Crippen LogP contribution is 2.15. The summed E-state index contributed by atoms with van der Waals surface area (Å²) in [6.07, 6.45) is 3.74. The number of amides is 2. The van der Waals surface area contributed by atoms with E-state index in [2.05, 4.69) is 10.6 Å². The Labute approximate surface area is 181 Å². The zero-order valence-corrected chi connectivity index (χ0v) is 17.3. The quantitative estimate of drug-likeness (QED) is 0.189. The second-order valence-electron chi connectivity index (χ2n) is 7.26. The van der Waals surface area contributed by atoms with E-state index in [1.807, 2.05) is 18.2 Å². The molecule has 0 spiro atoms. The van der Waals surface area contributed by atoms with Gasteiger partial charge in [0.1, 0.15) is 6.04 Å². The van der Waals surface area contributed by atoms with Crippen molar-refractivity contribution >= 4 is 23.5 Å². The fourth-order valence-corrected chi connectivity index (χ4v) is 3.12. The average Bonchev–Trinajstić information content (AvgIpc) is 2.77. The number of hydrogen-bond acceptors (Lipinski definition) is 5. The third-order valence-electron chi connectivity index (χ3n) is 4.81. The molecule has 8 heteroatoms. The molecule has 1 atom stereocenters. The van der Waals surface area contributed by atoms with Crippen LogP contribution in [-0.4, -0.2) is 28.1 Å². The highest BCUT2D eigenvalue weighted by atomic mass is 16.5. The highest BCUT2D eigenvalue weighted by molar-refractivity contribution is 5.90. The number of nitrogens with one attached hydrogen (secondary N) is 3. The Kier molecular flexibility index (Phi) is 10.2. The normalized spacial score (nSPS) is 11.5. The van der Waals surface area contributed by atoms with Gasteiger partial charge in [-0.3, -0.25) is 24.9 Å². The molecule has 2 aromatic rings. The number of rotatable bonds is 13. The minimum Gasteiger partial charge on any atom is -0.480 e. The molecule has 0 aromatic heterocycles. The summed E-state index contributed by atoms with van der Waals surface area (Å²) in [5, 5.41) is 23.8. The average molecular weight is 428 g/mol. The van der Waals surface area contributed by atoms with E-state index in [-0.39, 0.29) is 12.3 Å². The van der Waals surface area contributed by atoms with Gasteiger partial charge >= 0.3 is 5.97 Å². The molecular weight excluding hydrogens is 398 g/mol. The summed E-state index contributed by atoms with van der Waals surface area (Å²) >= 11 is 0. The zero-order valence-electron chi connectivity index (χ0n) is 17.3. The monoisotopic (exact) mass is 427 g/mol. The van der Waals surface area contributed by atoms with Crippen molar-refractivity contribution in [2.75, 3.05) is 5.32 Å². The number of hydroxylamine groups is 1. The first-order chi connectivity index (χ1) is 15.0. The van der Waals surface area contributed by atoms with Crippen LogP contribution < -0.4 is 16.1 Å². The second-order valence-corrected chi connectivity index (χ2v) is 7.26. The van der Waals surface area contributed by atoms with Gasteiger partial charge in [0.25, 0.3) is 0 Å². The van der Waals surface area contributed by atoms with Crippen molar-refractivity contribution < 1.29 is 24.7 Å². The van der Waals surface area contributed by atoms with E-state index in [4.69, 9.17) is 5.21 Å². The first-order valence-electron chi connectivity index (χ1n) is 10.3. The molecule has 0 aliphatic rings. The van der Waals surface area contributed by atoms with Crippen molar-refractivity contribution in [3.63, 3.8) is 0 Å². The molecule has 5 N–H and O–H groups in total. The SMILES string of the molecule is O=C(CCCCCCC(=O)Nc1ccc(CN[C@H](C(=O)O)c2ccccc2)cc1)NO. The van der Waals surface area contributed by atoms with Gasteiger partial charge in [-0.25, -0.2) is 5.48 Å². The molecule has 0 fully saturated rings. The van der Waals surface area contributed by atoms with Crippen LogP contribution in [0.25, 0.3) is 0 Å². The molecule has 0 saturated heterocycles. The van der Waals surface area contributed by atoms with Crippen LogP contribution in [0.4, 0.5) is 5.69 Å². The fourth-order valence-electron chi connectivity index (χ4n) is 3.12. The Morgan fingerprint density at radius 2 is 1.42 bits per heavy atom. The summed E-state index contributed by atoms with van der Waals surface area (Å²) in [7, 11) is 0. The van der Waals surface area contributed by atoms with Gasteiger partial charge in [-0.1, -0.05) is 55.3 Å². The van der Waals surface area contributed by atoms with Crippen LogP contribution in [0.5, 0.6) is 0 Å². The maximum Gasteiger partial charge on any atom is 0.325 e. The molecule has 0 saturated carbocycles. The van der Waals surface area contributed by atoms with Gasteiger partial charge in [0.15, 0.2) is 0 Å². The van der Waals surface area contributed by atoms with Crippen LogP contribution >= 0.6 is 0 Å². The van der Waals surface area contributed by atoms with Crippen molar-refractivity contribution in [2.24, 2.45) is 0 Å². The van der Waals surface area contributed by atoms with Crippen molar-refractivity contribution in [1.29, 1.82) is 0 Å². The lowest BCUT2D eigenvalue weighted by Crippen LogP contribution is -2.28. The maximum absolute atomic E-state index is 12.0. The summed E-state index contributed by atoms with van der Waals surface area (Å²) in [6.45, 7) is 0.383. The topological polar surface area (TPSA) is 128 Å². The van der Waals surface area contributed by atoms with Crippen LogP contribution in [0.3, 0.4) is 0 Å². The van der Waals surface area contributed by atoms with Crippen LogP contribution in [0.15, 0.2) is 54.6 Å². The summed E-state index contributed by atoms with van der Waals surface area (Å²) in [4.78, 5) is 34.5. The standard InChI is InChI=1S/C23H29N3O5/c27-20(10-6-1-2-7-11-21(28)26-31)25-19-14-12-17(13-15-19)16-24-22(23(29)30)18-8-4-3-5-9-18/h3-5,8-9,12-15,22,24,31H,1-2,6-7,10-11,16H2,(H,25,27)(H,26,28)(H,29,30)/t22-/m0/s1. The molecule has 0 heterocycles. The molecule has 0 bridgehead atoms. The Morgan fingerprint density at radius 3 is 2.00 bits per heavy atom. The summed E-state index contributed by atoms with van der Waals surface area (Å²) in [6, 6.07) is 15.5. The minimum atomic E-state index is -0.938. The number of hydrogen-bond donors (Lipinski definition) is 5. The van der Waals surface area contributed by atoms with Crippen LogP contribution in [0, 0.1) is 0 Å². The van der Waals surface area contributed by atoms with E-state index in [0.717, 1.165) is 24.8 Å². The number of benzene rings is 2. The first kappa shape index (κ1) is 24.0. The Bertz CT molecular complexity index is 840. The lowest BCUT2D eigenvalue weighted by atomic mass is 10.1. The molecule has 0 radical (unpaired) electrons. The fraction of sp³-hybridized carbons (Fsp3) is 0.348. The number of aliphatic carboxylic acids is 1. The molecular formula is C23H29N3O5. The molecule has 0 aliphatic carbocycles. The predicted molar refractivity (Wildman–Crippen MR) is 116 cm³/mol. The summed E-state index contributed by atoms with van der Waals surface area (Å²) in [5.41, 5.74) is 3.88. The van der Waals surface area contributed by atoms with E-state index >= 15 is 0 Å². The number of anilines is 1. The number of unbranched alkanes of at least 4 members (excludes halogenated alkanes) is 3. The van der Waals surface area contributed by atoms with Gasteiger partial charge in [0.05, 0.1) is 0 Å². The zero-order chi connectivity index (χ0) is 22.5. The third kappa shape index (κ3) is 8.98. The number of carbonyl (C=O) groups is 3. The van der Waals surface area contributed by atoms with Gasteiger partial charge in [-0.15, -0.1) is 0 Å². The largest absolute Gasteiger partial charge is 0.480 e. The van der Waals surface area contributed by atoms with E-state index in [9.17, 15) is 19.5 Å². The lowest BCUT2D eigenvalue weighted by molar-refractivity contribution is -0.139. The molecule has 8 nitrogen and oxygen atoms in total. The molecule has 2 rings (SSSR count). The van der Waals surface area contributed by atoms with Gasteiger partial charge in [-0.05, 0) is 36.1 Å². The predicted octanol–water partition coefficient (Wildman–Crippen LogP) is 3.39. The van der Waals surface area contributed by atoms with Gasteiger partial charge in [-0.2, -0.15) is 0 Å². The number of carboxylic acid groups (broad SMARTS) is 1. The Balaban J connectivity index is 1.72. The van der Waals surface area contributed by atoms with E-state index in [1.54, 1.807) is 41.9 Å². The van der Waals surface area contributed by atoms with E-state index < -0.39 is 17.9 Å². The van der Waals surface area contributed by atoms with E-state index in [0.29, 0.717) is 30.6 Å². The van der Waals surface area contributed by atoms with Crippen molar-refractivity contribution in [3.05, 3.63) is 65.7 Å². The third-order valence-corrected chi connectivity index (χ3v) is 4.81. The second kappa shape index (κ2) is 13.1. The number of carboxylic acids is 1. The summed E-state index contributed by atoms with van der Waals surface area (Å²) in [5.74, 6) is -1.41. The van der Waals surface area contributed by atoms with Crippen molar-refractivity contribution in [3.8, 4) is 0 Å². The van der Waals surface area contributed by atoms with Crippen LogP contribution in [-0.2, 0) is 20.9 Å². The molecule has 0 unspecified atom stereocenters.